The molecule has 0 aromatic carbocycles. The highest BCUT2D eigenvalue weighted by molar-refractivity contribution is 4.35. The van der Waals surface area contributed by atoms with Gasteiger partial charge in [-0.1, -0.05) is 20.8 Å². The number of hydrogen-bond donors (Lipinski definition) is 0. The molecule has 0 aliphatic heterocycles. The van der Waals surface area contributed by atoms with Crippen molar-refractivity contribution in [3.63, 3.8) is 0 Å². The van der Waals surface area contributed by atoms with Crippen LogP contribution >= 0.6 is 0 Å². The van der Waals surface area contributed by atoms with Gasteiger partial charge in [0.15, 0.2) is 0 Å². The lowest BCUT2D eigenvalue weighted by Gasteiger charge is -2.34. The zero-order valence-corrected chi connectivity index (χ0v) is 10.2. The van der Waals surface area contributed by atoms with Gasteiger partial charge in [-0.25, -0.2) is 4.84 Å². The van der Waals surface area contributed by atoms with E-state index >= 15 is 0 Å². The molecular formula is C11H26FNO. The van der Waals surface area contributed by atoms with E-state index < -0.39 is 0 Å². The molecule has 0 heterocycles. The van der Waals surface area contributed by atoms with Crippen LogP contribution < -0.4 is 4.70 Å². The molecule has 0 radical (unpaired) electrons. The molecule has 88 valence electrons. The van der Waals surface area contributed by atoms with Gasteiger partial charge in [-0.15, -0.1) is 0 Å². The number of nitrogens with zero attached hydrogens (tertiary/aromatic N) is 1. The van der Waals surface area contributed by atoms with Crippen molar-refractivity contribution in [3.8, 4) is 0 Å². The Labute approximate surface area is 88.2 Å². The van der Waals surface area contributed by atoms with Gasteiger partial charge in [0.1, 0.15) is 26.2 Å². The first-order chi connectivity index (χ1) is 6.24. The van der Waals surface area contributed by atoms with Crippen molar-refractivity contribution in [1.82, 2.24) is 0 Å². The molecule has 0 spiro atoms. The van der Waals surface area contributed by atoms with Gasteiger partial charge in [-0.2, -0.15) is 4.65 Å². The van der Waals surface area contributed by atoms with Gasteiger partial charge in [0.25, 0.3) is 0 Å². The van der Waals surface area contributed by atoms with E-state index in [-0.39, 0.29) is 4.70 Å². The Morgan fingerprint density at radius 2 is 1.14 bits per heavy atom. The van der Waals surface area contributed by atoms with Crippen LogP contribution in [0.2, 0.25) is 0 Å². The van der Waals surface area contributed by atoms with Crippen LogP contribution in [0, 0.1) is 0 Å². The van der Waals surface area contributed by atoms with Crippen LogP contribution in [-0.4, -0.2) is 30.9 Å². The molecule has 0 aliphatic rings. The number of hydrogen-bond acceptors (Lipinski definition) is 1. The van der Waals surface area contributed by atoms with Crippen molar-refractivity contribution < 1.29 is 14.2 Å². The highest BCUT2D eigenvalue weighted by Crippen LogP contribution is 2.12. The van der Waals surface area contributed by atoms with Gasteiger partial charge in [0.2, 0.25) is 0 Å². The molecule has 0 aromatic heterocycles. The van der Waals surface area contributed by atoms with Gasteiger partial charge in [0.05, 0.1) is 0 Å². The maximum Gasteiger partial charge on any atom is 0.109 e. The summed E-state index contributed by atoms with van der Waals surface area (Å²) in [6.07, 6.45) is 3.62. The second kappa shape index (κ2) is 9.41. The minimum atomic E-state index is 0. The maximum atomic E-state index is 5.89. The molecule has 0 saturated heterocycles. The monoisotopic (exact) mass is 207 g/mol. The summed E-state index contributed by atoms with van der Waals surface area (Å²) in [5.41, 5.74) is 0. The van der Waals surface area contributed by atoms with Gasteiger partial charge in [-0.05, 0) is 26.2 Å². The Bertz CT molecular complexity index is 90.3. The summed E-state index contributed by atoms with van der Waals surface area (Å²) in [4.78, 5) is 5.89. The molecule has 0 atom stereocenters. The SMILES string of the molecule is CCC[N+](CCC)(CCC)OCC.[F-]. The Balaban J connectivity index is 0. The van der Waals surface area contributed by atoms with E-state index in [4.69, 9.17) is 4.84 Å². The maximum absolute atomic E-state index is 5.89. The summed E-state index contributed by atoms with van der Waals surface area (Å²) in [5.74, 6) is 0. The van der Waals surface area contributed by atoms with Crippen LogP contribution in [-0.2, 0) is 4.84 Å². The average molecular weight is 207 g/mol. The Morgan fingerprint density at radius 3 is 1.36 bits per heavy atom. The molecule has 0 aromatic rings. The summed E-state index contributed by atoms with van der Waals surface area (Å²) in [6.45, 7) is 13.1. The summed E-state index contributed by atoms with van der Waals surface area (Å²) in [5, 5.41) is 0. The average Bonchev–Trinajstić information content (AvgIpc) is 2.06. The molecule has 0 aliphatic carbocycles. The zero-order chi connectivity index (χ0) is 10.2. The largest absolute Gasteiger partial charge is 1.00 e. The minimum absolute atomic E-state index is 0. The van der Waals surface area contributed by atoms with E-state index in [0.29, 0.717) is 0 Å². The topological polar surface area (TPSA) is 9.23 Å². The smallest absolute Gasteiger partial charge is 0.109 e. The molecule has 2 nitrogen and oxygen atoms in total. The standard InChI is InChI=1S/C11H26NO.FH/c1-5-9-12(10-6-2,11-7-3)13-8-4;/h5-11H2,1-4H3;1H/q+1;/p-1. The predicted octanol–water partition coefficient (Wildman–Crippen LogP) is -0.0113. The van der Waals surface area contributed by atoms with Crippen molar-refractivity contribution in [1.29, 1.82) is 0 Å². The fourth-order valence-corrected chi connectivity index (χ4v) is 2.03. The summed E-state index contributed by atoms with van der Waals surface area (Å²) >= 11 is 0. The molecule has 0 fully saturated rings. The van der Waals surface area contributed by atoms with E-state index in [1.165, 1.54) is 19.3 Å². The lowest BCUT2D eigenvalue weighted by Crippen LogP contribution is -3.00. The lowest BCUT2D eigenvalue weighted by atomic mass is 10.3. The molecular weight excluding hydrogens is 181 g/mol. The second-order valence-electron chi connectivity index (χ2n) is 3.65. The van der Waals surface area contributed by atoms with Crippen LogP contribution in [0.15, 0.2) is 0 Å². The molecule has 0 saturated carbocycles. The summed E-state index contributed by atoms with van der Waals surface area (Å²) < 4.78 is 0.875. The molecule has 14 heavy (non-hydrogen) atoms. The molecule has 0 rings (SSSR count). The van der Waals surface area contributed by atoms with E-state index in [2.05, 4.69) is 27.7 Å². The normalized spacial score (nSPS) is 11.1. The third-order valence-electron chi connectivity index (χ3n) is 2.30. The number of rotatable bonds is 8. The van der Waals surface area contributed by atoms with Gasteiger partial charge in [-0.3, -0.25) is 0 Å². The fourth-order valence-electron chi connectivity index (χ4n) is 2.03. The predicted molar refractivity (Wildman–Crippen MR) is 57.4 cm³/mol. The Kier molecular flexibility index (Phi) is 10.9. The fraction of sp³-hybridized carbons (Fsp3) is 1.00. The highest BCUT2D eigenvalue weighted by Gasteiger charge is 2.25. The Morgan fingerprint density at radius 1 is 0.786 bits per heavy atom. The lowest BCUT2D eigenvalue weighted by molar-refractivity contribution is -1.10. The first kappa shape index (κ1) is 16.3. The van der Waals surface area contributed by atoms with Crippen LogP contribution in [0.25, 0.3) is 0 Å². The van der Waals surface area contributed by atoms with Crippen molar-refractivity contribution >= 4 is 0 Å². The van der Waals surface area contributed by atoms with Crippen molar-refractivity contribution in [2.75, 3.05) is 26.2 Å². The first-order valence-electron chi connectivity index (χ1n) is 5.75. The van der Waals surface area contributed by atoms with Crippen molar-refractivity contribution in [2.45, 2.75) is 47.0 Å². The van der Waals surface area contributed by atoms with Crippen LogP contribution in [0.1, 0.15) is 47.0 Å². The second-order valence-corrected chi connectivity index (χ2v) is 3.65. The van der Waals surface area contributed by atoms with E-state index in [1.54, 1.807) is 0 Å². The molecule has 3 heteroatoms. The van der Waals surface area contributed by atoms with E-state index in [9.17, 15) is 0 Å². The molecule has 0 bridgehead atoms. The van der Waals surface area contributed by atoms with Crippen LogP contribution in [0.5, 0.6) is 0 Å². The third-order valence-corrected chi connectivity index (χ3v) is 2.30. The van der Waals surface area contributed by atoms with Crippen LogP contribution in [0.3, 0.4) is 0 Å². The Hall–Kier alpha value is -0.150. The minimum Gasteiger partial charge on any atom is -1.00 e. The van der Waals surface area contributed by atoms with Crippen molar-refractivity contribution in [3.05, 3.63) is 0 Å². The summed E-state index contributed by atoms with van der Waals surface area (Å²) in [7, 11) is 0. The van der Waals surface area contributed by atoms with E-state index in [0.717, 1.165) is 30.9 Å². The van der Waals surface area contributed by atoms with E-state index in [1.807, 2.05) is 0 Å². The first-order valence-corrected chi connectivity index (χ1v) is 5.75. The van der Waals surface area contributed by atoms with Gasteiger partial charge >= 0.3 is 0 Å². The van der Waals surface area contributed by atoms with Crippen molar-refractivity contribution in [2.24, 2.45) is 0 Å². The number of quaternary nitrogens is 1. The molecule has 0 amide bonds. The van der Waals surface area contributed by atoms with Gasteiger partial charge in [0, 0.05) is 0 Å². The van der Waals surface area contributed by atoms with Crippen LogP contribution in [0.4, 0.5) is 0 Å². The van der Waals surface area contributed by atoms with Gasteiger partial charge < -0.3 is 4.70 Å². The number of halogens is 1. The zero-order valence-electron chi connectivity index (χ0n) is 10.2. The third kappa shape index (κ3) is 5.55. The molecule has 0 unspecified atom stereocenters. The summed E-state index contributed by atoms with van der Waals surface area (Å²) in [6, 6.07) is 0. The number of hydroxylamine groups is 3. The highest BCUT2D eigenvalue weighted by atomic mass is 19.0. The quantitative estimate of drug-likeness (QED) is 0.402. The molecule has 0 N–H and O–H groups in total.